The van der Waals surface area contributed by atoms with Crippen LogP contribution in [0.25, 0.3) is 0 Å². The molecule has 1 aromatic rings. The van der Waals surface area contributed by atoms with Crippen molar-refractivity contribution in [2.45, 2.75) is 57.8 Å². The molecule has 2 saturated heterocycles. The highest BCUT2D eigenvalue weighted by Gasteiger charge is 2.40. The Bertz CT molecular complexity index is 1340. The van der Waals surface area contributed by atoms with Crippen LogP contribution in [0.4, 0.5) is 13.2 Å². The van der Waals surface area contributed by atoms with Gasteiger partial charge in [-0.2, -0.15) is 23.3 Å². The Morgan fingerprint density at radius 1 is 1.15 bits per heavy atom. The summed E-state index contributed by atoms with van der Waals surface area (Å²) in [4.78, 5) is 22.2. The molecule has 4 aliphatic heterocycles. The molecule has 4 heterocycles. The van der Waals surface area contributed by atoms with Crippen LogP contribution in [0.5, 0.6) is 0 Å². The van der Waals surface area contributed by atoms with E-state index in [1.165, 1.54) is 23.9 Å². The van der Waals surface area contributed by atoms with E-state index in [0.717, 1.165) is 36.9 Å². The Morgan fingerprint density at radius 2 is 1.90 bits per heavy atom. The molecule has 7 nitrogen and oxygen atoms in total. The number of aryl methyl sites for hydroxylation is 1. The number of amides is 1. The van der Waals surface area contributed by atoms with Gasteiger partial charge in [-0.3, -0.25) is 14.7 Å². The molecule has 2 unspecified atom stereocenters. The summed E-state index contributed by atoms with van der Waals surface area (Å²) in [6.07, 6.45) is 5.48. The molecule has 0 aromatic heterocycles. The van der Waals surface area contributed by atoms with E-state index in [2.05, 4.69) is 33.7 Å². The van der Waals surface area contributed by atoms with Gasteiger partial charge in [0.05, 0.1) is 35.3 Å². The van der Waals surface area contributed by atoms with Gasteiger partial charge >= 0.3 is 6.18 Å². The molecule has 0 saturated carbocycles. The summed E-state index contributed by atoms with van der Waals surface area (Å²) < 4.78 is 46.7. The number of halogens is 3. The predicted molar refractivity (Wildman–Crippen MR) is 150 cm³/mol. The van der Waals surface area contributed by atoms with Gasteiger partial charge in [-0.15, -0.1) is 0 Å². The Labute approximate surface area is 236 Å². The molecule has 40 heavy (non-hydrogen) atoms. The maximum Gasteiger partial charge on any atom is 0.416 e. The summed E-state index contributed by atoms with van der Waals surface area (Å²) in [5.74, 6) is -0.331. The van der Waals surface area contributed by atoms with Crippen LogP contribution in [0, 0.1) is 12.8 Å². The third-order valence-electron chi connectivity index (χ3n) is 7.90. The van der Waals surface area contributed by atoms with Crippen LogP contribution in [0.2, 0.25) is 0 Å². The molecular weight excluding hydrogens is 539 g/mol. The van der Waals surface area contributed by atoms with Gasteiger partial charge in [0.15, 0.2) is 5.17 Å². The van der Waals surface area contributed by atoms with Crippen LogP contribution in [-0.4, -0.2) is 82.6 Å². The second-order valence-corrected chi connectivity index (χ2v) is 12.2. The van der Waals surface area contributed by atoms with Gasteiger partial charge in [-0.05, 0) is 55.8 Å². The van der Waals surface area contributed by atoms with Crippen LogP contribution in [0.15, 0.2) is 63.1 Å². The molecule has 212 valence electrons. The summed E-state index contributed by atoms with van der Waals surface area (Å²) in [6.45, 7) is 9.46. The molecule has 6 rings (SSSR count). The van der Waals surface area contributed by atoms with Gasteiger partial charge in [0.1, 0.15) is 0 Å². The van der Waals surface area contributed by atoms with Crippen LogP contribution >= 0.6 is 11.8 Å². The number of aliphatic imine (C=N–C) groups is 1. The number of thioether (sulfide) groups is 1. The zero-order valence-corrected chi connectivity index (χ0v) is 23.5. The topological polar surface area (TPSA) is 60.7 Å². The first kappa shape index (κ1) is 27.3. The smallest absolute Gasteiger partial charge is 0.373 e. The minimum absolute atomic E-state index is 0.0615. The molecular formula is C29H32F3N5O2S. The highest BCUT2D eigenvalue weighted by molar-refractivity contribution is 8.18. The Hall–Kier alpha value is -2.89. The van der Waals surface area contributed by atoms with Gasteiger partial charge < -0.3 is 9.64 Å². The lowest BCUT2D eigenvalue weighted by Crippen LogP contribution is -2.64. The number of carbonyl (C=O) groups is 1. The van der Waals surface area contributed by atoms with E-state index in [9.17, 15) is 18.0 Å². The molecule has 11 heteroatoms. The first-order valence-corrected chi connectivity index (χ1v) is 14.4. The van der Waals surface area contributed by atoms with E-state index in [-0.39, 0.29) is 42.2 Å². The zero-order chi connectivity index (χ0) is 28.2. The highest BCUT2D eigenvalue weighted by Crippen LogP contribution is 2.37. The van der Waals surface area contributed by atoms with E-state index in [1.807, 2.05) is 24.3 Å². The van der Waals surface area contributed by atoms with Crippen molar-refractivity contribution in [2.24, 2.45) is 16.0 Å². The standard InChI is InChI=1S/C29H32F3N5O2S/c1-17-4-6-21(24(8-17)29(30,31)32)14-37-25-7-5-20(9-22(25)11-33-37)10-26-27(38)34-28(40-26)36-15-23(16-36)35-12-18(2)39-19(3)13-35/h4-11,18-19,22-23,25H,12-16H2,1-3H3/b26-10-/t18-,19+,22?,25?. The monoisotopic (exact) mass is 571 g/mol. The molecule has 2 fully saturated rings. The maximum absolute atomic E-state index is 13.6. The number of amidine groups is 1. The predicted octanol–water partition coefficient (Wildman–Crippen LogP) is 4.60. The third-order valence-corrected chi connectivity index (χ3v) is 8.95. The van der Waals surface area contributed by atoms with E-state index in [1.54, 1.807) is 24.2 Å². The van der Waals surface area contributed by atoms with Crippen molar-refractivity contribution in [3.63, 3.8) is 0 Å². The number of allylic oxidation sites excluding steroid dienone is 3. The molecule has 0 spiro atoms. The lowest BCUT2D eigenvalue weighted by Gasteiger charge is -2.49. The van der Waals surface area contributed by atoms with E-state index in [0.29, 0.717) is 16.5 Å². The average Bonchev–Trinajstić information content (AvgIpc) is 3.40. The molecule has 1 aromatic carbocycles. The van der Waals surface area contributed by atoms with Crippen molar-refractivity contribution in [1.82, 2.24) is 14.8 Å². The number of fused-ring (bicyclic) bond motifs is 1. The third kappa shape index (κ3) is 5.51. The number of alkyl halides is 3. The summed E-state index contributed by atoms with van der Waals surface area (Å²) in [5, 5.41) is 6.85. The normalized spacial score (nSPS) is 30.1. The van der Waals surface area contributed by atoms with Gasteiger partial charge in [-0.1, -0.05) is 35.9 Å². The van der Waals surface area contributed by atoms with Crippen LogP contribution in [0.3, 0.4) is 0 Å². The van der Waals surface area contributed by atoms with E-state index in [4.69, 9.17) is 4.74 Å². The largest absolute Gasteiger partial charge is 0.416 e. The highest BCUT2D eigenvalue weighted by atomic mass is 32.2. The zero-order valence-electron chi connectivity index (χ0n) is 22.6. The first-order chi connectivity index (χ1) is 19.0. The summed E-state index contributed by atoms with van der Waals surface area (Å²) in [7, 11) is 0. The summed E-state index contributed by atoms with van der Waals surface area (Å²) in [5.41, 5.74) is 1.01. The molecule has 4 atom stereocenters. The molecule has 0 bridgehead atoms. The van der Waals surface area contributed by atoms with Crippen molar-refractivity contribution >= 4 is 29.1 Å². The minimum Gasteiger partial charge on any atom is -0.373 e. The number of ether oxygens (including phenoxy) is 1. The average molecular weight is 572 g/mol. The number of carbonyl (C=O) groups excluding carboxylic acids is 1. The van der Waals surface area contributed by atoms with E-state index < -0.39 is 11.7 Å². The number of benzene rings is 1. The SMILES string of the molecule is Cc1ccc(CN2N=CC3C=C(/C=C4\SC(N5CC(N6C[C@@H](C)O[C@@H](C)C6)C5)=NC4=O)C=CC32)c(C(F)(F)F)c1. The number of hydrogen-bond acceptors (Lipinski definition) is 7. The molecule has 0 N–H and O–H groups in total. The molecule has 1 aliphatic carbocycles. The first-order valence-electron chi connectivity index (χ1n) is 13.6. The lowest BCUT2D eigenvalue weighted by atomic mass is 9.92. The number of likely N-dealkylation sites (tertiary alicyclic amines) is 1. The quantitative estimate of drug-likeness (QED) is 0.493. The van der Waals surface area contributed by atoms with Gasteiger partial charge in [0, 0.05) is 44.4 Å². The van der Waals surface area contributed by atoms with E-state index >= 15 is 0 Å². The number of rotatable bonds is 4. The second-order valence-electron chi connectivity index (χ2n) is 11.2. The Balaban J connectivity index is 1.06. The fourth-order valence-electron chi connectivity index (χ4n) is 5.94. The summed E-state index contributed by atoms with van der Waals surface area (Å²) in [6, 6.07) is 4.68. The number of morpholine rings is 1. The fourth-order valence-corrected chi connectivity index (χ4v) is 6.87. The van der Waals surface area contributed by atoms with Crippen molar-refractivity contribution in [1.29, 1.82) is 0 Å². The Morgan fingerprint density at radius 3 is 2.62 bits per heavy atom. The van der Waals surface area contributed by atoms with Crippen molar-refractivity contribution in [3.05, 3.63) is 69.7 Å². The Kier molecular flexibility index (Phi) is 7.16. The second kappa shape index (κ2) is 10.5. The molecule has 1 amide bonds. The van der Waals surface area contributed by atoms with Crippen LogP contribution < -0.4 is 0 Å². The van der Waals surface area contributed by atoms with Crippen LogP contribution in [-0.2, 0) is 22.3 Å². The molecule has 5 aliphatic rings. The number of nitrogens with zero attached hydrogens (tertiary/aromatic N) is 5. The van der Waals surface area contributed by atoms with Crippen molar-refractivity contribution < 1.29 is 22.7 Å². The summed E-state index contributed by atoms with van der Waals surface area (Å²) >= 11 is 1.40. The van der Waals surface area contributed by atoms with Gasteiger partial charge in [0.25, 0.3) is 5.91 Å². The number of hydrazone groups is 1. The fraction of sp³-hybridized carbons (Fsp3) is 0.483. The van der Waals surface area contributed by atoms with Crippen molar-refractivity contribution in [3.8, 4) is 0 Å². The van der Waals surface area contributed by atoms with Crippen molar-refractivity contribution in [2.75, 3.05) is 26.2 Å². The minimum atomic E-state index is -4.42. The van der Waals surface area contributed by atoms with Gasteiger partial charge in [-0.25, -0.2) is 0 Å². The molecule has 0 radical (unpaired) electrons. The lowest BCUT2D eigenvalue weighted by molar-refractivity contribution is -0.138. The number of hydrogen-bond donors (Lipinski definition) is 0. The van der Waals surface area contributed by atoms with Crippen LogP contribution in [0.1, 0.15) is 30.5 Å². The maximum atomic E-state index is 13.6. The van der Waals surface area contributed by atoms with Gasteiger partial charge in [0.2, 0.25) is 0 Å².